The SMILES string of the molecule is O=Cc1occc1COC(=O)CO. The molecule has 0 unspecified atom stereocenters. The minimum atomic E-state index is -0.738. The lowest BCUT2D eigenvalue weighted by Gasteiger charge is -1.99. The first-order chi connectivity index (χ1) is 6.27. The Morgan fingerprint density at radius 2 is 2.46 bits per heavy atom. The summed E-state index contributed by atoms with van der Waals surface area (Å²) in [5, 5.41) is 8.32. The van der Waals surface area contributed by atoms with E-state index >= 15 is 0 Å². The van der Waals surface area contributed by atoms with Crippen molar-refractivity contribution >= 4 is 12.3 Å². The average Bonchev–Trinajstić information content (AvgIpc) is 2.61. The van der Waals surface area contributed by atoms with Crippen molar-refractivity contribution < 1.29 is 23.8 Å². The standard InChI is InChI=1S/C8H8O5/c9-3-7-6(1-2-12-7)5-13-8(11)4-10/h1-3,10H,4-5H2. The molecule has 0 aliphatic rings. The van der Waals surface area contributed by atoms with E-state index in [1.807, 2.05) is 0 Å². The van der Waals surface area contributed by atoms with Crippen LogP contribution in [-0.4, -0.2) is 24.0 Å². The molecule has 0 atom stereocenters. The van der Waals surface area contributed by atoms with Crippen LogP contribution in [0.5, 0.6) is 0 Å². The van der Waals surface area contributed by atoms with Crippen LogP contribution in [0.3, 0.4) is 0 Å². The fraction of sp³-hybridized carbons (Fsp3) is 0.250. The van der Waals surface area contributed by atoms with E-state index in [2.05, 4.69) is 4.74 Å². The highest BCUT2D eigenvalue weighted by Crippen LogP contribution is 2.08. The Morgan fingerprint density at radius 3 is 3.08 bits per heavy atom. The third-order valence-electron chi connectivity index (χ3n) is 1.41. The average molecular weight is 184 g/mol. The van der Waals surface area contributed by atoms with E-state index in [0.29, 0.717) is 11.8 Å². The fourth-order valence-electron chi connectivity index (χ4n) is 0.774. The molecule has 0 aliphatic heterocycles. The number of hydrogen-bond acceptors (Lipinski definition) is 5. The smallest absolute Gasteiger partial charge is 0.332 e. The van der Waals surface area contributed by atoms with E-state index in [1.165, 1.54) is 12.3 Å². The highest BCUT2D eigenvalue weighted by molar-refractivity contribution is 5.73. The van der Waals surface area contributed by atoms with Crippen LogP contribution >= 0.6 is 0 Å². The zero-order valence-electron chi connectivity index (χ0n) is 6.73. The second kappa shape index (κ2) is 4.42. The van der Waals surface area contributed by atoms with Crippen LogP contribution in [0.15, 0.2) is 16.7 Å². The summed E-state index contributed by atoms with van der Waals surface area (Å²) in [6.07, 6.45) is 1.86. The van der Waals surface area contributed by atoms with Crippen molar-refractivity contribution in [1.82, 2.24) is 0 Å². The van der Waals surface area contributed by atoms with Gasteiger partial charge in [0.1, 0.15) is 13.2 Å². The Labute approximate surface area is 73.9 Å². The van der Waals surface area contributed by atoms with Gasteiger partial charge in [-0.25, -0.2) is 4.79 Å². The molecule has 0 fully saturated rings. The van der Waals surface area contributed by atoms with Gasteiger partial charge in [0.25, 0.3) is 0 Å². The first kappa shape index (κ1) is 9.47. The zero-order valence-corrected chi connectivity index (χ0v) is 6.73. The summed E-state index contributed by atoms with van der Waals surface area (Å²) in [6, 6.07) is 1.52. The maximum Gasteiger partial charge on any atom is 0.332 e. The lowest BCUT2D eigenvalue weighted by Crippen LogP contribution is -2.08. The Balaban J connectivity index is 2.53. The van der Waals surface area contributed by atoms with Crippen molar-refractivity contribution in [3.8, 4) is 0 Å². The predicted molar refractivity (Wildman–Crippen MR) is 41.0 cm³/mol. The van der Waals surface area contributed by atoms with Crippen molar-refractivity contribution in [2.75, 3.05) is 6.61 Å². The molecule has 1 heterocycles. The topological polar surface area (TPSA) is 76.7 Å². The van der Waals surface area contributed by atoms with Gasteiger partial charge >= 0.3 is 5.97 Å². The van der Waals surface area contributed by atoms with Gasteiger partial charge in [-0.15, -0.1) is 0 Å². The number of ether oxygens (including phenoxy) is 1. The van der Waals surface area contributed by atoms with E-state index < -0.39 is 12.6 Å². The summed E-state index contributed by atoms with van der Waals surface area (Å²) in [6.45, 7) is -0.738. The summed E-state index contributed by atoms with van der Waals surface area (Å²) in [4.78, 5) is 20.8. The summed E-state index contributed by atoms with van der Waals surface area (Å²) >= 11 is 0. The van der Waals surface area contributed by atoms with Gasteiger partial charge in [-0.1, -0.05) is 0 Å². The largest absolute Gasteiger partial charge is 0.461 e. The first-order valence-electron chi connectivity index (χ1n) is 3.56. The molecule has 13 heavy (non-hydrogen) atoms. The number of hydrogen-bond donors (Lipinski definition) is 1. The van der Waals surface area contributed by atoms with Gasteiger partial charge in [0, 0.05) is 5.56 Å². The normalized spacial score (nSPS) is 9.62. The van der Waals surface area contributed by atoms with E-state index in [1.54, 1.807) is 0 Å². The minimum Gasteiger partial charge on any atom is -0.461 e. The number of carbonyl (C=O) groups is 2. The predicted octanol–water partition coefficient (Wildman–Crippen LogP) is 0.128. The summed E-state index contributed by atoms with van der Waals surface area (Å²) in [5.74, 6) is -0.608. The van der Waals surface area contributed by atoms with Crippen LogP contribution in [0.1, 0.15) is 16.1 Å². The van der Waals surface area contributed by atoms with Gasteiger partial charge < -0.3 is 14.3 Å². The van der Waals surface area contributed by atoms with Crippen LogP contribution in [0.25, 0.3) is 0 Å². The molecule has 1 aromatic heterocycles. The zero-order chi connectivity index (χ0) is 9.68. The monoisotopic (exact) mass is 184 g/mol. The Bertz CT molecular complexity index is 301. The molecule has 0 aliphatic carbocycles. The number of aldehydes is 1. The molecule has 1 rings (SSSR count). The fourth-order valence-corrected chi connectivity index (χ4v) is 0.774. The lowest BCUT2D eigenvalue weighted by atomic mass is 10.3. The van der Waals surface area contributed by atoms with Crippen LogP contribution < -0.4 is 0 Å². The van der Waals surface area contributed by atoms with Crippen LogP contribution in [0.2, 0.25) is 0 Å². The van der Waals surface area contributed by atoms with Crippen molar-refractivity contribution in [3.05, 3.63) is 23.7 Å². The summed E-state index contributed by atoms with van der Waals surface area (Å²) in [7, 11) is 0. The van der Waals surface area contributed by atoms with Gasteiger partial charge in [0.15, 0.2) is 12.0 Å². The van der Waals surface area contributed by atoms with E-state index in [-0.39, 0.29) is 12.4 Å². The number of carbonyl (C=O) groups excluding carboxylic acids is 2. The number of furan rings is 1. The molecule has 0 saturated carbocycles. The molecule has 0 bridgehead atoms. The number of rotatable bonds is 4. The molecule has 0 aromatic carbocycles. The molecule has 1 N–H and O–H groups in total. The second-order valence-electron chi connectivity index (χ2n) is 2.25. The van der Waals surface area contributed by atoms with Gasteiger partial charge in [0.05, 0.1) is 6.26 Å². The molecule has 0 spiro atoms. The number of aliphatic hydroxyl groups is 1. The maximum atomic E-state index is 10.5. The minimum absolute atomic E-state index is 0.0655. The van der Waals surface area contributed by atoms with Crippen LogP contribution in [0.4, 0.5) is 0 Å². The Morgan fingerprint density at radius 1 is 1.69 bits per heavy atom. The summed E-state index contributed by atoms with van der Waals surface area (Å²) < 4.78 is 9.33. The van der Waals surface area contributed by atoms with E-state index in [4.69, 9.17) is 9.52 Å². The van der Waals surface area contributed by atoms with Gasteiger partial charge in [-0.2, -0.15) is 0 Å². The highest BCUT2D eigenvalue weighted by Gasteiger charge is 2.07. The second-order valence-corrected chi connectivity index (χ2v) is 2.25. The van der Waals surface area contributed by atoms with Crippen molar-refractivity contribution in [1.29, 1.82) is 0 Å². The molecule has 5 heteroatoms. The maximum absolute atomic E-state index is 10.5. The van der Waals surface area contributed by atoms with Gasteiger partial charge in [0.2, 0.25) is 0 Å². The lowest BCUT2D eigenvalue weighted by molar-refractivity contribution is -0.148. The first-order valence-corrected chi connectivity index (χ1v) is 3.56. The van der Waals surface area contributed by atoms with Crippen molar-refractivity contribution in [3.63, 3.8) is 0 Å². The molecule has 70 valence electrons. The van der Waals surface area contributed by atoms with Crippen LogP contribution in [-0.2, 0) is 16.1 Å². The molecule has 5 nitrogen and oxygen atoms in total. The molecular weight excluding hydrogens is 176 g/mol. The molecule has 1 aromatic rings. The molecular formula is C8H8O5. The quantitative estimate of drug-likeness (QED) is 0.531. The molecule has 0 amide bonds. The number of aliphatic hydroxyl groups excluding tert-OH is 1. The number of esters is 1. The van der Waals surface area contributed by atoms with E-state index in [9.17, 15) is 9.59 Å². The van der Waals surface area contributed by atoms with Crippen molar-refractivity contribution in [2.24, 2.45) is 0 Å². The van der Waals surface area contributed by atoms with Gasteiger partial charge in [-0.05, 0) is 6.07 Å². The molecule has 0 saturated heterocycles. The van der Waals surface area contributed by atoms with Crippen LogP contribution in [0, 0.1) is 0 Å². The third-order valence-corrected chi connectivity index (χ3v) is 1.41. The Kier molecular flexibility index (Phi) is 3.22. The van der Waals surface area contributed by atoms with Crippen molar-refractivity contribution in [2.45, 2.75) is 6.61 Å². The summed E-state index contributed by atoms with van der Waals surface area (Å²) in [5.41, 5.74) is 0.483. The van der Waals surface area contributed by atoms with Gasteiger partial charge in [-0.3, -0.25) is 4.79 Å². The Hall–Kier alpha value is -1.62. The third kappa shape index (κ3) is 2.41. The highest BCUT2D eigenvalue weighted by atomic mass is 16.5. The molecule has 0 radical (unpaired) electrons. The van der Waals surface area contributed by atoms with E-state index in [0.717, 1.165) is 0 Å².